The van der Waals surface area contributed by atoms with Crippen LogP contribution in [-0.2, 0) is 11.3 Å². The van der Waals surface area contributed by atoms with Crippen LogP contribution in [0.2, 0.25) is 0 Å². The number of aryl methyl sites for hydroxylation is 1. The maximum absolute atomic E-state index is 12.2. The minimum absolute atomic E-state index is 0.212. The molecule has 1 aromatic heterocycles. The molecule has 0 spiro atoms. The van der Waals surface area contributed by atoms with Crippen LogP contribution < -0.4 is 0 Å². The summed E-state index contributed by atoms with van der Waals surface area (Å²) in [7, 11) is 0. The number of ether oxygens (including phenoxy) is 1. The summed E-state index contributed by atoms with van der Waals surface area (Å²) in [5.41, 5.74) is 5.55. The first-order chi connectivity index (χ1) is 14.3. The average Bonchev–Trinajstić information content (AvgIpc) is 3.17. The summed E-state index contributed by atoms with van der Waals surface area (Å²) in [5.74, 6) is 0. The summed E-state index contributed by atoms with van der Waals surface area (Å²) in [6.07, 6.45) is 1.66. The van der Waals surface area contributed by atoms with Gasteiger partial charge in [-0.15, -0.1) is 0 Å². The molecule has 1 aliphatic rings. The van der Waals surface area contributed by atoms with Crippen molar-refractivity contribution < 1.29 is 9.53 Å². The lowest BCUT2D eigenvalue weighted by Gasteiger charge is -2.35. The number of H-pyrrole nitrogens is 1. The quantitative estimate of drug-likeness (QED) is 0.691. The molecular formula is C24H30N4O2. The van der Waals surface area contributed by atoms with Crippen LogP contribution in [0.3, 0.4) is 0 Å². The first-order valence-corrected chi connectivity index (χ1v) is 10.5. The van der Waals surface area contributed by atoms with E-state index in [9.17, 15) is 4.79 Å². The normalized spacial score (nSPS) is 15.5. The Balaban J connectivity index is 1.36. The van der Waals surface area contributed by atoms with Gasteiger partial charge in [0.25, 0.3) is 0 Å². The van der Waals surface area contributed by atoms with Crippen LogP contribution in [0.4, 0.5) is 4.79 Å². The van der Waals surface area contributed by atoms with E-state index in [0.29, 0.717) is 13.1 Å². The van der Waals surface area contributed by atoms with Gasteiger partial charge in [0.2, 0.25) is 0 Å². The molecule has 2 heterocycles. The molecule has 1 amide bonds. The van der Waals surface area contributed by atoms with Gasteiger partial charge in [-0.05, 0) is 62.1 Å². The van der Waals surface area contributed by atoms with Crippen molar-refractivity contribution in [3.8, 4) is 11.1 Å². The molecule has 3 aromatic rings. The van der Waals surface area contributed by atoms with Gasteiger partial charge in [0.15, 0.2) is 0 Å². The molecule has 6 nitrogen and oxygen atoms in total. The fourth-order valence-electron chi connectivity index (χ4n) is 3.88. The minimum Gasteiger partial charge on any atom is -0.444 e. The Hall–Kier alpha value is -2.86. The van der Waals surface area contributed by atoms with Crippen molar-refractivity contribution in [1.29, 1.82) is 0 Å². The maximum atomic E-state index is 12.2. The fourth-order valence-corrected chi connectivity index (χ4v) is 3.88. The predicted molar refractivity (Wildman–Crippen MR) is 119 cm³/mol. The summed E-state index contributed by atoms with van der Waals surface area (Å²) in [5, 5.41) is 8.34. The van der Waals surface area contributed by atoms with Gasteiger partial charge in [-0.3, -0.25) is 10.00 Å². The van der Waals surface area contributed by atoms with Gasteiger partial charge in [-0.25, -0.2) is 4.79 Å². The van der Waals surface area contributed by atoms with Crippen molar-refractivity contribution in [2.24, 2.45) is 0 Å². The van der Waals surface area contributed by atoms with E-state index in [1.807, 2.05) is 27.0 Å². The molecule has 1 aliphatic heterocycles. The van der Waals surface area contributed by atoms with Gasteiger partial charge in [0, 0.05) is 38.1 Å². The molecular weight excluding hydrogens is 376 g/mol. The minimum atomic E-state index is -0.448. The molecule has 0 aliphatic carbocycles. The smallest absolute Gasteiger partial charge is 0.410 e. The number of benzene rings is 2. The number of aromatic nitrogens is 2. The molecule has 2 aromatic carbocycles. The molecule has 1 saturated heterocycles. The van der Waals surface area contributed by atoms with Crippen LogP contribution >= 0.6 is 0 Å². The molecule has 158 valence electrons. The zero-order valence-electron chi connectivity index (χ0n) is 18.2. The van der Waals surface area contributed by atoms with Crippen molar-refractivity contribution in [3.63, 3.8) is 0 Å². The van der Waals surface area contributed by atoms with Crippen LogP contribution in [-0.4, -0.2) is 57.9 Å². The number of piperazine rings is 1. The number of nitrogens with one attached hydrogen (secondary N) is 1. The van der Waals surface area contributed by atoms with Crippen LogP contribution in [0, 0.1) is 6.92 Å². The maximum Gasteiger partial charge on any atom is 0.410 e. The second kappa shape index (κ2) is 8.11. The van der Waals surface area contributed by atoms with Gasteiger partial charge in [-0.1, -0.05) is 24.3 Å². The van der Waals surface area contributed by atoms with Crippen LogP contribution in [0.5, 0.6) is 0 Å². The highest BCUT2D eigenvalue weighted by Crippen LogP contribution is 2.27. The first kappa shape index (κ1) is 20.4. The largest absolute Gasteiger partial charge is 0.444 e. The lowest BCUT2D eigenvalue weighted by atomic mass is 10.00. The third-order valence-electron chi connectivity index (χ3n) is 5.46. The Bertz CT molecular complexity index is 1030. The molecule has 0 radical (unpaired) electrons. The van der Waals surface area contributed by atoms with Gasteiger partial charge in [0.1, 0.15) is 5.60 Å². The van der Waals surface area contributed by atoms with Crippen molar-refractivity contribution in [3.05, 3.63) is 53.7 Å². The third kappa shape index (κ3) is 4.65. The Morgan fingerprint density at radius 1 is 1.07 bits per heavy atom. The molecule has 6 heteroatoms. The van der Waals surface area contributed by atoms with E-state index in [1.54, 1.807) is 4.90 Å². The zero-order chi connectivity index (χ0) is 21.3. The van der Waals surface area contributed by atoms with Crippen molar-refractivity contribution in [1.82, 2.24) is 20.0 Å². The van der Waals surface area contributed by atoms with Gasteiger partial charge in [0.05, 0.1) is 11.7 Å². The Labute approximate surface area is 177 Å². The third-order valence-corrected chi connectivity index (χ3v) is 5.46. The highest BCUT2D eigenvalue weighted by Gasteiger charge is 2.25. The average molecular weight is 407 g/mol. The molecule has 0 atom stereocenters. The number of amides is 1. The van der Waals surface area contributed by atoms with E-state index >= 15 is 0 Å². The van der Waals surface area contributed by atoms with Gasteiger partial charge < -0.3 is 9.64 Å². The number of carbonyl (C=O) groups is 1. The number of aromatic amines is 1. The van der Waals surface area contributed by atoms with E-state index < -0.39 is 5.60 Å². The number of nitrogens with zero attached hydrogens (tertiary/aromatic N) is 3. The van der Waals surface area contributed by atoms with E-state index in [4.69, 9.17) is 4.74 Å². The Morgan fingerprint density at radius 3 is 2.43 bits per heavy atom. The molecule has 0 saturated carbocycles. The van der Waals surface area contributed by atoms with E-state index in [1.165, 1.54) is 22.3 Å². The predicted octanol–water partition coefficient (Wildman–Crippen LogP) is 4.59. The topological polar surface area (TPSA) is 61.5 Å². The van der Waals surface area contributed by atoms with Crippen LogP contribution in [0.15, 0.2) is 42.6 Å². The Kier molecular flexibility index (Phi) is 5.52. The number of hydrogen-bond acceptors (Lipinski definition) is 4. The highest BCUT2D eigenvalue weighted by atomic mass is 16.6. The van der Waals surface area contributed by atoms with Crippen LogP contribution in [0.1, 0.15) is 31.9 Å². The van der Waals surface area contributed by atoms with E-state index in [-0.39, 0.29) is 6.09 Å². The van der Waals surface area contributed by atoms with Crippen molar-refractivity contribution in [2.45, 2.75) is 39.8 Å². The fraction of sp³-hybridized carbons (Fsp3) is 0.417. The zero-order valence-corrected chi connectivity index (χ0v) is 18.2. The number of fused-ring (bicyclic) bond motifs is 1. The van der Waals surface area contributed by atoms with Crippen molar-refractivity contribution >= 4 is 17.0 Å². The summed E-state index contributed by atoms with van der Waals surface area (Å²) in [6, 6.07) is 13.1. The SMILES string of the molecule is Cc1cc(-c2ccc(CN3CCN(C(=O)OC(C)(C)C)CC3)cc2)cc2cn[nH]c12. The lowest BCUT2D eigenvalue weighted by Crippen LogP contribution is -2.49. The second-order valence-electron chi connectivity index (χ2n) is 9.07. The number of rotatable bonds is 3. The highest BCUT2D eigenvalue weighted by molar-refractivity contribution is 5.86. The number of hydrogen-bond donors (Lipinski definition) is 1. The summed E-state index contributed by atoms with van der Waals surface area (Å²) in [6.45, 7) is 11.8. The standard InChI is InChI=1S/C24H30N4O2/c1-17-13-20(14-21-15-25-26-22(17)21)19-7-5-18(6-8-19)16-27-9-11-28(12-10-27)23(29)30-24(2,3)4/h5-8,13-15H,9-12,16H2,1-4H3,(H,25,26). The molecule has 4 rings (SSSR count). The van der Waals surface area contributed by atoms with Gasteiger partial charge >= 0.3 is 6.09 Å². The van der Waals surface area contributed by atoms with Crippen molar-refractivity contribution in [2.75, 3.05) is 26.2 Å². The number of carbonyl (C=O) groups excluding carboxylic acids is 1. The second-order valence-corrected chi connectivity index (χ2v) is 9.07. The summed E-state index contributed by atoms with van der Waals surface area (Å²) >= 11 is 0. The van der Waals surface area contributed by atoms with E-state index in [0.717, 1.165) is 30.5 Å². The summed E-state index contributed by atoms with van der Waals surface area (Å²) in [4.78, 5) is 16.4. The van der Waals surface area contributed by atoms with Gasteiger partial charge in [-0.2, -0.15) is 5.10 Å². The molecule has 1 fully saturated rings. The summed E-state index contributed by atoms with van der Waals surface area (Å²) < 4.78 is 5.48. The molecule has 0 bridgehead atoms. The van der Waals surface area contributed by atoms with Crippen LogP contribution in [0.25, 0.3) is 22.0 Å². The molecule has 1 N–H and O–H groups in total. The molecule has 0 unspecified atom stereocenters. The monoisotopic (exact) mass is 406 g/mol. The first-order valence-electron chi connectivity index (χ1n) is 10.5. The Morgan fingerprint density at radius 2 is 1.77 bits per heavy atom. The lowest BCUT2D eigenvalue weighted by molar-refractivity contribution is 0.0139. The molecule has 30 heavy (non-hydrogen) atoms. The van der Waals surface area contributed by atoms with E-state index in [2.05, 4.69) is 58.4 Å².